The van der Waals surface area contributed by atoms with Gasteiger partial charge < -0.3 is 4.74 Å². The molecule has 6 heteroatoms. The van der Waals surface area contributed by atoms with Crippen molar-refractivity contribution >= 4 is 75.1 Å². The van der Waals surface area contributed by atoms with E-state index in [2.05, 4.69) is 69.8 Å². The first kappa shape index (κ1) is 14.1. The lowest BCUT2D eigenvalue weighted by molar-refractivity contribution is 0.306. The number of halogens is 4. The van der Waals surface area contributed by atoms with Crippen molar-refractivity contribution in [1.82, 2.24) is 0 Å². The fourth-order valence-corrected chi connectivity index (χ4v) is 5.12. The quantitative estimate of drug-likeness (QED) is 0.470. The maximum Gasteiger partial charge on any atom is 0.148 e. The molecule has 1 heterocycles. The van der Waals surface area contributed by atoms with E-state index in [1.54, 1.807) is 11.3 Å². The highest BCUT2D eigenvalue weighted by Crippen LogP contribution is 2.37. The lowest BCUT2D eigenvalue weighted by Crippen LogP contribution is -1.94. The summed E-state index contributed by atoms with van der Waals surface area (Å²) < 4.78 is 9.77. The molecule has 0 saturated heterocycles. The summed E-state index contributed by atoms with van der Waals surface area (Å²) in [6, 6.07) is 8.00. The first-order chi connectivity index (χ1) is 8.06. The molecule has 0 amide bonds. The maximum atomic E-state index is 5.80. The van der Waals surface area contributed by atoms with Gasteiger partial charge in [0.05, 0.1) is 12.7 Å². The van der Waals surface area contributed by atoms with Crippen LogP contribution in [0.4, 0.5) is 0 Å². The molecule has 0 saturated carbocycles. The number of rotatable bonds is 3. The van der Waals surface area contributed by atoms with Crippen molar-refractivity contribution in [2.24, 2.45) is 0 Å². The zero-order valence-electron chi connectivity index (χ0n) is 8.34. The van der Waals surface area contributed by atoms with Gasteiger partial charge in [-0.25, -0.2) is 0 Å². The highest BCUT2D eigenvalue weighted by atomic mass is 79.9. The molecular weight excluding hydrogens is 500 g/mol. The van der Waals surface area contributed by atoms with E-state index in [9.17, 15) is 0 Å². The maximum absolute atomic E-state index is 5.80. The lowest BCUT2D eigenvalue weighted by Gasteiger charge is -2.09. The van der Waals surface area contributed by atoms with Crippen molar-refractivity contribution < 1.29 is 4.74 Å². The van der Waals surface area contributed by atoms with Gasteiger partial charge in [-0.05, 0) is 72.1 Å². The molecule has 0 radical (unpaired) electrons. The number of ether oxygens (including phenoxy) is 1. The van der Waals surface area contributed by atoms with E-state index >= 15 is 0 Å². The van der Waals surface area contributed by atoms with Crippen LogP contribution < -0.4 is 4.74 Å². The Morgan fingerprint density at radius 3 is 2.18 bits per heavy atom. The summed E-state index contributed by atoms with van der Waals surface area (Å²) in [5, 5.41) is 0. The second-order valence-electron chi connectivity index (χ2n) is 3.19. The fourth-order valence-electron chi connectivity index (χ4n) is 1.24. The van der Waals surface area contributed by atoms with Crippen molar-refractivity contribution in [1.29, 1.82) is 0 Å². The van der Waals surface area contributed by atoms with E-state index in [1.807, 2.05) is 18.2 Å². The van der Waals surface area contributed by atoms with Crippen LogP contribution in [0.1, 0.15) is 4.88 Å². The molecule has 0 spiro atoms. The first-order valence-corrected chi connectivity index (χ1v) is 8.56. The minimum absolute atomic E-state index is 0.565. The van der Waals surface area contributed by atoms with Gasteiger partial charge in [-0.1, -0.05) is 15.9 Å². The molecule has 1 aromatic carbocycles. The molecule has 2 rings (SSSR count). The molecule has 0 aliphatic heterocycles. The third kappa shape index (κ3) is 3.80. The van der Waals surface area contributed by atoms with Crippen LogP contribution in [0, 0.1) is 0 Å². The largest absolute Gasteiger partial charge is 0.486 e. The Bertz CT molecular complexity index is 515. The molecule has 0 fully saturated rings. The Morgan fingerprint density at radius 2 is 1.65 bits per heavy atom. The van der Waals surface area contributed by atoms with Gasteiger partial charge >= 0.3 is 0 Å². The molecule has 1 nitrogen and oxygen atoms in total. The Morgan fingerprint density at radius 1 is 1.00 bits per heavy atom. The van der Waals surface area contributed by atoms with Gasteiger partial charge in [0.1, 0.15) is 12.4 Å². The average Bonchev–Trinajstić information content (AvgIpc) is 2.62. The number of thiophene rings is 1. The van der Waals surface area contributed by atoms with Gasteiger partial charge in [0.15, 0.2) is 0 Å². The van der Waals surface area contributed by atoms with E-state index in [-0.39, 0.29) is 0 Å². The minimum atomic E-state index is 0.565. The zero-order chi connectivity index (χ0) is 12.4. The van der Waals surface area contributed by atoms with Gasteiger partial charge in [-0.2, -0.15) is 0 Å². The highest BCUT2D eigenvalue weighted by molar-refractivity contribution is 9.11. The summed E-state index contributed by atoms with van der Waals surface area (Å²) in [6.07, 6.45) is 0. The number of benzene rings is 1. The summed E-state index contributed by atoms with van der Waals surface area (Å²) in [5.74, 6) is 0.817. The van der Waals surface area contributed by atoms with Gasteiger partial charge in [-0.15, -0.1) is 11.3 Å². The standard InChI is InChI=1S/C11H6Br4OS/c12-6-3-8(13)11(9(14)4-6)16-5-7-1-2-10(15)17-7/h1-4H,5H2. The third-order valence-electron chi connectivity index (χ3n) is 1.95. The Balaban J connectivity index is 2.14. The molecule has 2 aromatic rings. The Labute approximate surface area is 137 Å². The summed E-state index contributed by atoms with van der Waals surface area (Å²) in [7, 11) is 0. The SMILES string of the molecule is Brc1cc(Br)c(OCc2ccc(Br)s2)c(Br)c1. The van der Waals surface area contributed by atoms with Crippen molar-refractivity contribution in [2.45, 2.75) is 6.61 Å². The zero-order valence-corrected chi connectivity index (χ0v) is 15.5. The minimum Gasteiger partial charge on any atom is -0.486 e. The summed E-state index contributed by atoms with van der Waals surface area (Å²) >= 11 is 15.5. The number of hydrogen-bond acceptors (Lipinski definition) is 2. The summed E-state index contributed by atoms with van der Waals surface area (Å²) in [6.45, 7) is 0.565. The summed E-state index contributed by atoms with van der Waals surface area (Å²) in [5.41, 5.74) is 0. The van der Waals surface area contributed by atoms with Crippen LogP contribution in [0.25, 0.3) is 0 Å². The predicted octanol–water partition coefficient (Wildman–Crippen LogP) is 6.38. The Hall–Kier alpha value is 0.640. The molecule has 0 unspecified atom stereocenters. The second-order valence-corrected chi connectivity index (χ2v) is 8.36. The van der Waals surface area contributed by atoms with Crippen LogP contribution >= 0.6 is 75.1 Å². The molecule has 90 valence electrons. The van der Waals surface area contributed by atoms with E-state index in [0.717, 1.165) is 23.0 Å². The smallest absolute Gasteiger partial charge is 0.148 e. The topological polar surface area (TPSA) is 9.23 Å². The van der Waals surface area contributed by atoms with Gasteiger partial charge in [0, 0.05) is 9.35 Å². The van der Waals surface area contributed by atoms with Crippen molar-refractivity contribution in [2.75, 3.05) is 0 Å². The monoisotopic (exact) mass is 502 g/mol. The Kier molecular flexibility index (Phi) is 5.12. The van der Waals surface area contributed by atoms with E-state index in [4.69, 9.17) is 4.74 Å². The molecule has 17 heavy (non-hydrogen) atoms. The lowest BCUT2D eigenvalue weighted by atomic mass is 10.3. The normalized spacial score (nSPS) is 10.6. The summed E-state index contributed by atoms with van der Waals surface area (Å²) in [4.78, 5) is 1.18. The second kappa shape index (κ2) is 6.19. The average molecular weight is 506 g/mol. The van der Waals surface area contributed by atoms with Crippen molar-refractivity contribution in [3.8, 4) is 5.75 Å². The molecule has 0 aliphatic carbocycles. The van der Waals surface area contributed by atoms with E-state index < -0.39 is 0 Å². The van der Waals surface area contributed by atoms with Crippen molar-refractivity contribution in [3.63, 3.8) is 0 Å². The van der Waals surface area contributed by atoms with Crippen LogP contribution in [0.15, 0.2) is 41.5 Å². The van der Waals surface area contributed by atoms with Gasteiger partial charge in [0.25, 0.3) is 0 Å². The molecule has 0 bridgehead atoms. The van der Waals surface area contributed by atoms with Gasteiger partial charge in [-0.3, -0.25) is 0 Å². The molecule has 1 aromatic heterocycles. The molecule has 0 aliphatic rings. The predicted molar refractivity (Wildman–Crippen MR) is 85.9 cm³/mol. The molecule has 0 atom stereocenters. The number of hydrogen-bond donors (Lipinski definition) is 0. The third-order valence-corrected chi connectivity index (χ3v) is 5.18. The van der Waals surface area contributed by atoms with E-state index in [0.29, 0.717) is 6.61 Å². The highest BCUT2D eigenvalue weighted by Gasteiger charge is 2.09. The van der Waals surface area contributed by atoms with E-state index in [1.165, 1.54) is 4.88 Å². The van der Waals surface area contributed by atoms with Crippen LogP contribution in [0.5, 0.6) is 5.75 Å². The molecular formula is C11H6Br4OS. The first-order valence-electron chi connectivity index (χ1n) is 4.58. The van der Waals surface area contributed by atoms with Crippen molar-refractivity contribution in [3.05, 3.63) is 46.3 Å². The van der Waals surface area contributed by atoms with Crippen LogP contribution in [-0.2, 0) is 6.61 Å². The van der Waals surface area contributed by atoms with Crippen LogP contribution in [0.3, 0.4) is 0 Å². The molecule has 0 N–H and O–H groups in total. The van der Waals surface area contributed by atoms with Gasteiger partial charge in [0.2, 0.25) is 0 Å². The van der Waals surface area contributed by atoms with Crippen LogP contribution in [-0.4, -0.2) is 0 Å². The van der Waals surface area contributed by atoms with Crippen LogP contribution in [0.2, 0.25) is 0 Å². The fraction of sp³-hybridized carbons (Fsp3) is 0.0909.